The van der Waals surface area contributed by atoms with Gasteiger partial charge in [-0.1, -0.05) is 11.6 Å². The highest BCUT2D eigenvalue weighted by Crippen LogP contribution is 2.36. The maximum absolute atomic E-state index is 13.7. The lowest BCUT2D eigenvalue weighted by molar-refractivity contribution is -0.137. The van der Waals surface area contributed by atoms with E-state index in [0.717, 1.165) is 32.0 Å². The fourth-order valence-electron chi connectivity index (χ4n) is 4.46. The summed E-state index contributed by atoms with van der Waals surface area (Å²) < 4.78 is 54.1. The molecule has 0 N–H and O–H groups in total. The van der Waals surface area contributed by atoms with Crippen LogP contribution in [0.2, 0.25) is 5.02 Å². The van der Waals surface area contributed by atoms with Crippen molar-refractivity contribution in [2.24, 2.45) is 0 Å². The van der Waals surface area contributed by atoms with Crippen LogP contribution in [0, 0.1) is 5.82 Å². The molecule has 184 valence electrons. The molecular weight excluding hydrogens is 484 g/mol. The van der Waals surface area contributed by atoms with Crippen molar-refractivity contribution in [3.8, 4) is 11.3 Å². The van der Waals surface area contributed by atoms with Gasteiger partial charge in [-0.25, -0.2) is 14.4 Å². The van der Waals surface area contributed by atoms with E-state index in [9.17, 15) is 17.6 Å². The van der Waals surface area contributed by atoms with Crippen molar-refractivity contribution < 1.29 is 17.6 Å². The molecule has 2 aromatic heterocycles. The Morgan fingerprint density at radius 1 is 0.829 bits per heavy atom. The van der Waals surface area contributed by atoms with Gasteiger partial charge in [-0.2, -0.15) is 18.2 Å². The molecule has 2 aliphatic heterocycles. The van der Waals surface area contributed by atoms with Crippen molar-refractivity contribution in [3.63, 3.8) is 0 Å². The number of anilines is 3. The van der Waals surface area contributed by atoms with Crippen LogP contribution in [0.15, 0.2) is 42.6 Å². The van der Waals surface area contributed by atoms with Crippen molar-refractivity contribution in [2.75, 3.05) is 54.0 Å². The minimum absolute atomic E-state index is 0.00910. The van der Waals surface area contributed by atoms with Crippen LogP contribution in [0.4, 0.5) is 35.1 Å². The van der Waals surface area contributed by atoms with Crippen molar-refractivity contribution >= 4 is 29.2 Å². The number of alkyl halides is 3. The third-order valence-electron chi connectivity index (χ3n) is 6.30. The first-order valence-corrected chi connectivity index (χ1v) is 11.8. The van der Waals surface area contributed by atoms with Gasteiger partial charge in [-0.15, -0.1) is 0 Å². The molecule has 0 aliphatic carbocycles. The van der Waals surface area contributed by atoms with Crippen molar-refractivity contribution in [1.29, 1.82) is 0 Å². The molecule has 0 spiro atoms. The molecule has 5 rings (SSSR count). The maximum Gasteiger partial charge on any atom is 0.419 e. The topological polar surface area (TPSA) is 48.4 Å². The third kappa shape index (κ3) is 4.98. The molecule has 0 radical (unpaired) electrons. The molecule has 0 amide bonds. The second-order valence-corrected chi connectivity index (χ2v) is 8.99. The second kappa shape index (κ2) is 9.49. The van der Waals surface area contributed by atoms with Gasteiger partial charge in [0.25, 0.3) is 0 Å². The van der Waals surface area contributed by atoms with Gasteiger partial charge in [-0.05, 0) is 43.2 Å². The summed E-state index contributed by atoms with van der Waals surface area (Å²) in [7, 11) is 0. The van der Waals surface area contributed by atoms with E-state index < -0.39 is 17.6 Å². The number of benzene rings is 1. The highest BCUT2D eigenvalue weighted by molar-refractivity contribution is 6.31. The predicted molar refractivity (Wildman–Crippen MR) is 128 cm³/mol. The zero-order chi connectivity index (χ0) is 24.6. The zero-order valence-electron chi connectivity index (χ0n) is 18.8. The lowest BCUT2D eigenvalue weighted by atomic mass is 10.1. The van der Waals surface area contributed by atoms with Crippen molar-refractivity contribution in [2.45, 2.75) is 19.0 Å². The fraction of sp³-hybridized carbons (Fsp3) is 0.375. The Kier molecular flexibility index (Phi) is 6.39. The van der Waals surface area contributed by atoms with E-state index in [4.69, 9.17) is 21.6 Å². The van der Waals surface area contributed by atoms with Crippen LogP contribution >= 0.6 is 11.6 Å². The Bertz CT molecular complexity index is 1210. The van der Waals surface area contributed by atoms with Crippen molar-refractivity contribution in [1.82, 2.24) is 15.0 Å². The summed E-state index contributed by atoms with van der Waals surface area (Å²) in [5.41, 5.74) is 0.551. The predicted octanol–water partition coefficient (Wildman–Crippen LogP) is 5.28. The van der Waals surface area contributed by atoms with E-state index in [1.54, 1.807) is 11.0 Å². The summed E-state index contributed by atoms with van der Waals surface area (Å²) in [5, 5.41) is 0.00910. The highest BCUT2D eigenvalue weighted by atomic mass is 35.5. The lowest BCUT2D eigenvalue weighted by Crippen LogP contribution is -2.47. The normalized spacial score (nSPS) is 16.8. The van der Waals surface area contributed by atoms with Gasteiger partial charge in [0.2, 0.25) is 5.95 Å². The molecule has 2 fully saturated rings. The molecule has 0 unspecified atom stereocenters. The number of nitrogens with zero attached hydrogens (tertiary/aromatic N) is 6. The summed E-state index contributed by atoms with van der Waals surface area (Å²) in [5.74, 6) is 0.700. The number of hydrogen-bond donors (Lipinski definition) is 0. The number of hydrogen-bond acceptors (Lipinski definition) is 6. The van der Waals surface area contributed by atoms with Gasteiger partial charge < -0.3 is 14.7 Å². The number of aromatic nitrogens is 3. The minimum atomic E-state index is -4.47. The Morgan fingerprint density at radius 2 is 1.54 bits per heavy atom. The van der Waals surface area contributed by atoms with E-state index in [0.29, 0.717) is 49.2 Å². The molecular formula is C24H23ClF4N6. The quantitative estimate of drug-likeness (QED) is 0.449. The largest absolute Gasteiger partial charge is 0.419 e. The van der Waals surface area contributed by atoms with Gasteiger partial charge in [-0.3, -0.25) is 0 Å². The summed E-state index contributed by atoms with van der Waals surface area (Å²) in [4.78, 5) is 19.3. The molecule has 11 heteroatoms. The lowest BCUT2D eigenvalue weighted by Gasteiger charge is -2.37. The van der Waals surface area contributed by atoms with Gasteiger partial charge in [0.15, 0.2) is 0 Å². The molecule has 35 heavy (non-hydrogen) atoms. The average molecular weight is 507 g/mol. The summed E-state index contributed by atoms with van der Waals surface area (Å²) in [6, 6.07) is 8.64. The SMILES string of the molecule is Fc1ccc(-c2cc(N3CCN(c4ncccc4C(F)(F)F)CC3)nc(N3CCCC3)n2)cc1Cl. The second-order valence-electron chi connectivity index (χ2n) is 8.58. The Balaban J connectivity index is 1.42. The molecule has 0 bridgehead atoms. The van der Waals surface area contributed by atoms with Crippen LogP contribution < -0.4 is 14.7 Å². The Morgan fingerprint density at radius 3 is 2.23 bits per heavy atom. The summed E-state index contributed by atoms with van der Waals surface area (Å²) in [6.45, 7) is 3.35. The molecule has 3 aromatic rings. The maximum atomic E-state index is 13.7. The number of halogens is 5. The third-order valence-corrected chi connectivity index (χ3v) is 6.59. The van der Waals surface area contributed by atoms with Crippen LogP contribution in [0.1, 0.15) is 18.4 Å². The zero-order valence-corrected chi connectivity index (χ0v) is 19.5. The van der Waals surface area contributed by atoms with Crippen LogP contribution in [0.25, 0.3) is 11.3 Å². The van der Waals surface area contributed by atoms with E-state index in [-0.39, 0.29) is 10.8 Å². The molecule has 1 aromatic carbocycles. The highest BCUT2D eigenvalue weighted by Gasteiger charge is 2.36. The number of rotatable bonds is 4. The van der Waals surface area contributed by atoms with Gasteiger partial charge >= 0.3 is 6.18 Å². The van der Waals surface area contributed by atoms with E-state index in [1.807, 2.05) is 11.0 Å². The summed E-state index contributed by atoms with van der Waals surface area (Å²) in [6.07, 6.45) is -0.988. The number of piperazine rings is 1. The Hall–Kier alpha value is -3.14. The number of pyridine rings is 1. The standard InChI is InChI=1S/C24H23ClF4N6/c25-18-14-16(5-6-19(18)26)20-15-21(32-23(31-20)35-8-1-2-9-35)33-10-12-34(13-11-33)22-17(24(27,28)29)4-3-7-30-22/h3-7,14-15H,1-2,8-13H2. The van der Waals surface area contributed by atoms with Gasteiger partial charge in [0, 0.05) is 57.1 Å². The first-order valence-electron chi connectivity index (χ1n) is 11.4. The molecule has 2 aliphatic rings. The van der Waals surface area contributed by atoms with Crippen LogP contribution in [-0.2, 0) is 6.18 Å². The fourth-order valence-corrected chi connectivity index (χ4v) is 4.64. The molecule has 2 saturated heterocycles. The van der Waals surface area contributed by atoms with E-state index >= 15 is 0 Å². The van der Waals surface area contributed by atoms with Crippen molar-refractivity contribution in [3.05, 3.63) is 59.0 Å². The van der Waals surface area contributed by atoms with E-state index in [1.165, 1.54) is 24.4 Å². The van der Waals surface area contributed by atoms with Crippen LogP contribution in [0.3, 0.4) is 0 Å². The monoisotopic (exact) mass is 506 g/mol. The minimum Gasteiger partial charge on any atom is -0.353 e. The van der Waals surface area contributed by atoms with E-state index in [2.05, 4.69) is 9.88 Å². The molecule has 0 saturated carbocycles. The molecule has 6 nitrogen and oxygen atoms in total. The first-order chi connectivity index (χ1) is 16.8. The average Bonchev–Trinajstić information content (AvgIpc) is 3.40. The van der Waals surface area contributed by atoms with Crippen LogP contribution in [0.5, 0.6) is 0 Å². The first kappa shape index (κ1) is 23.6. The molecule has 4 heterocycles. The van der Waals surface area contributed by atoms with Gasteiger partial charge in [0.1, 0.15) is 17.5 Å². The van der Waals surface area contributed by atoms with Crippen LogP contribution in [-0.4, -0.2) is 54.2 Å². The summed E-state index contributed by atoms with van der Waals surface area (Å²) >= 11 is 6.01. The smallest absolute Gasteiger partial charge is 0.353 e. The van der Waals surface area contributed by atoms with Gasteiger partial charge in [0.05, 0.1) is 16.3 Å². The molecule has 0 atom stereocenters. The Labute approximate surface area is 205 Å².